The molecule has 0 aliphatic heterocycles. The zero-order chi connectivity index (χ0) is 20.8. The zero-order valence-corrected chi connectivity index (χ0v) is 18.1. The highest BCUT2D eigenvalue weighted by molar-refractivity contribution is 5.81. The second-order valence-electron chi connectivity index (χ2n) is 7.93. The molecular formula is C24H33NO3. The molecule has 0 aliphatic rings. The van der Waals surface area contributed by atoms with Crippen LogP contribution in [-0.2, 0) is 4.79 Å². The maximum absolute atomic E-state index is 12.9. The molecular weight excluding hydrogens is 350 g/mol. The maximum atomic E-state index is 12.9. The maximum Gasteiger partial charge on any atom is 0.261 e. The predicted molar refractivity (Wildman–Crippen MR) is 114 cm³/mol. The van der Waals surface area contributed by atoms with Crippen molar-refractivity contribution in [3.8, 4) is 11.5 Å². The zero-order valence-electron chi connectivity index (χ0n) is 18.1. The van der Waals surface area contributed by atoms with E-state index in [1.54, 1.807) is 14.0 Å². The number of hydrogen-bond donors (Lipinski definition) is 1. The van der Waals surface area contributed by atoms with Gasteiger partial charge < -0.3 is 14.8 Å². The fourth-order valence-corrected chi connectivity index (χ4v) is 3.24. The molecule has 0 saturated heterocycles. The normalized spacial score (nSPS) is 13.1. The molecule has 1 N–H and O–H groups in total. The molecule has 0 aromatic heterocycles. The minimum Gasteiger partial charge on any atom is -0.497 e. The van der Waals surface area contributed by atoms with Crippen molar-refractivity contribution in [2.75, 3.05) is 7.11 Å². The van der Waals surface area contributed by atoms with Gasteiger partial charge in [0.2, 0.25) is 0 Å². The van der Waals surface area contributed by atoms with E-state index in [2.05, 4.69) is 32.2 Å². The van der Waals surface area contributed by atoms with E-state index in [-0.39, 0.29) is 11.9 Å². The molecule has 2 aromatic rings. The van der Waals surface area contributed by atoms with E-state index in [0.29, 0.717) is 5.92 Å². The topological polar surface area (TPSA) is 47.6 Å². The number of ether oxygens (including phenoxy) is 2. The molecule has 1 amide bonds. The van der Waals surface area contributed by atoms with E-state index < -0.39 is 6.10 Å². The van der Waals surface area contributed by atoms with Gasteiger partial charge in [-0.3, -0.25) is 4.79 Å². The Hall–Kier alpha value is -2.49. The Balaban J connectivity index is 2.13. The largest absolute Gasteiger partial charge is 0.497 e. The molecule has 2 rings (SSSR count). The standard InChI is InChI=1S/C24H33NO3/c1-15(2)12-22(20-8-10-21(27-7)11-9-20)25-24(26)19(6)28-23-14-16(3)13-17(4)18(23)5/h8-11,13-15,19,22H,12H2,1-7H3,(H,25,26)/t19-,22-/m0/s1. The smallest absolute Gasteiger partial charge is 0.261 e. The van der Waals surface area contributed by atoms with Crippen LogP contribution in [0.1, 0.15) is 55.5 Å². The van der Waals surface area contributed by atoms with Gasteiger partial charge in [-0.2, -0.15) is 0 Å². The third kappa shape index (κ3) is 5.75. The number of methoxy groups -OCH3 is 1. The monoisotopic (exact) mass is 383 g/mol. The Bertz CT molecular complexity index is 796. The lowest BCUT2D eigenvalue weighted by atomic mass is 9.96. The number of carbonyl (C=O) groups is 1. The molecule has 2 aromatic carbocycles. The van der Waals surface area contributed by atoms with E-state index in [4.69, 9.17) is 9.47 Å². The average Bonchev–Trinajstić information content (AvgIpc) is 2.64. The molecule has 0 radical (unpaired) electrons. The van der Waals surface area contributed by atoms with Crippen LogP contribution in [0.4, 0.5) is 0 Å². The first-order chi connectivity index (χ1) is 13.2. The van der Waals surface area contributed by atoms with Gasteiger partial charge in [0.1, 0.15) is 11.5 Å². The second-order valence-corrected chi connectivity index (χ2v) is 7.93. The quantitative estimate of drug-likeness (QED) is 0.674. The lowest BCUT2D eigenvalue weighted by Crippen LogP contribution is -2.39. The van der Waals surface area contributed by atoms with Gasteiger partial charge in [-0.25, -0.2) is 0 Å². The van der Waals surface area contributed by atoms with Gasteiger partial charge in [0, 0.05) is 0 Å². The number of nitrogens with one attached hydrogen (secondary N) is 1. The molecule has 4 nitrogen and oxygen atoms in total. The fraction of sp³-hybridized carbons (Fsp3) is 0.458. The second kappa shape index (κ2) is 9.63. The lowest BCUT2D eigenvalue weighted by molar-refractivity contribution is -0.128. The lowest BCUT2D eigenvalue weighted by Gasteiger charge is -2.24. The van der Waals surface area contributed by atoms with E-state index in [9.17, 15) is 4.79 Å². The van der Waals surface area contributed by atoms with Gasteiger partial charge in [0.25, 0.3) is 5.91 Å². The Labute approximate surface area is 169 Å². The highest BCUT2D eigenvalue weighted by Crippen LogP contribution is 2.26. The van der Waals surface area contributed by atoms with Gasteiger partial charge in [-0.15, -0.1) is 0 Å². The van der Waals surface area contributed by atoms with E-state index in [1.807, 2.05) is 44.2 Å². The van der Waals surface area contributed by atoms with Crippen LogP contribution in [0.2, 0.25) is 0 Å². The summed E-state index contributed by atoms with van der Waals surface area (Å²) in [4.78, 5) is 12.9. The SMILES string of the molecule is COc1ccc([C@H](CC(C)C)NC(=O)[C@H](C)Oc2cc(C)cc(C)c2C)cc1. The van der Waals surface area contributed by atoms with Crippen LogP contribution in [0.5, 0.6) is 11.5 Å². The summed E-state index contributed by atoms with van der Waals surface area (Å²) >= 11 is 0. The summed E-state index contributed by atoms with van der Waals surface area (Å²) < 4.78 is 11.3. The number of rotatable bonds is 8. The summed E-state index contributed by atoms with van der Waals surface area (Å²) in [6.07, 6.45) is 0.278. The third-order valence-corrected chi connectivity index (χ3v) is 4.98. The van der Waals surface area contributed by atoms with Crippen LogP contribution >= 0.6 is 0 Å². The Morgan fingerprint density at radius 1 is 1.04 bits per heavy atom. The van der Waals surface area contributed by atoms with Gasteiger partial charge >= 0.3 is 0 Å². The molecule has 0 fully saturated rings. The number of aryl methyl sites for hydroxylation is 2. The molecule has 0 bridgehead atoms. The number of carbonyl (C=O) groups excluding carboxylic acids is 1. The van der Waals surface area contributed by atoms with Crippen molar-refractivity contribution in [2.45, 2.75) is 60.1 Å². The van der Waals surface area contributed by atoms with Crippen LogP contribution < -0.4 is 14.8 Å². The van der Waals surface area contributed by atoms with Crippen LogP contribution in [0.3, 0.4) is 0 Å². The van der Waals surface area contributed by atoms with E-state index in [0.717, 1.165) is 34.6 Å². The van der Waals surface area contributed by atoms with Crippen LogP contribution in [-0.4, -0.2) is 19.1 Å². The van der Waals surface area contributed by atoms with E-state index in [1.165, 1.54) is 5.56 Å². The van der Waals surface area contributed by atoms with E-state index >= 15 is 0 Å². The summed E-state index contributed by atoms with van der Waals surface area (Å²) in [6, 6.07) is 11.9. The minimum atomic E-state index is -0.576. The Morgan fingerprint density at radius 2 is 1.68 bits per heavy atom. The third-order valence-electron chi connectivity index (χ3n) is 4.98. The number of benzene rings is 2. The van der Waals surface area contributed by atoms with Crippen molar-refractivity contribution in [1.29, 1.82) is 0 Å². The number of hydrogen-bond acceptors (Lipinski definition) is 3. The van der Waals surface area contributed by atoms with Crippen LogP contribution in [0, 0.1) is 26.7 Å². The van der Waals surface area contributed by atoms with Crippen molar-refractivity contribution in [1.82, 2.24) is 5.32 Å². The molecule has 28 heavy (non-hydrogen) atoms. The molecule has 4 heteroatoms. The molecule has 0 spiro atoms. The van der Waals surface area contributed by atoms with Gasteiger partial charge in [0.15, 0.2) is 6.10 Å². The van der Waals surface area contributed by atoms with Crippen LogP contribution in [0.25, 0.3) is 0 Å². The first kappa shape index (κ1) is 21.8. The highest BCUT2D eigenvalue weighted by Gasteiger charge is 2.22. The summed E-state index contributed by atoms with van der Waals surface area (Å²) in [7, 11) is 1.65. The first-order valence-corrected chi connectivity index (χ1v) is 9.90. The van der Waals surface area contributed by atoms with Gasteiger partial charge in [-0.1, -0.05) is 32.0 Å². The predicted octanol–water partition coefficient (Wildman–Crippen LogP) is 5.29. The molecule has 0 heterocycles. The summed E-state index contributed by atoms with van der Waals surface area (Å²) in [5.74, 6) is 1.91. The van der Waals surface area contributed by atoms with Crippen LogP contribution in [0.15, 0.2) is 36.4 Å². The summed E-state index contributed by atoms with van der Waals surface area (Å²) in [6.45, 7) is 12.2. The molecule has 0 aliphatic carbocycles. The molecule has 152 valence electrons. The molecule has 0 saturated carbocycles. The molecule has 0 unspecified atom stereocenters. The average molecular weight is 384 g/mol. The molecule has 2 atom stereocenters. The van der Waals surface area contributed by atoms with Gasteiger partial charge in [0.05, 0.1) is 13.2 Å². The Kier molecular flexibility index (Phi) is 7.50. The van der Waals surface area contributed by atoms with Crippen molar-refractivity contribution >= 4 is 5.91 Å². The van der Waals surface area contributed by atoms with Crippen molar-refractivity contribution in [3.05, 3.63) is 58.7 Å². The van der Waals surface area contributed by atoms with Crippen molar-refractivity contribution in [2.24, 2.45) is 5.92 Å². The van der Waals surface area contributed by atoms with Gasteiger partial charge in [-0.05, 0) is 80.5 Å². The minimum absolute atomic E-state index is 0.0650. The fourth-order valence-electron chi connectivity index (χ4n) is 3.24. The van der Waals surface area contributed by atoms with Crippen molar-refractivity contribution in [3.63, 3.8) is 0 Å². The van der Waals surface area contributed by atoms with Crippen molar-refractivity contribution < 1.29 is 14.3 Å². The first-order valence-electron chi connectivity index (χ1n) is 9.90. The number of amides is 1. The Morgan fingerprint density at radius 3 is 2.25 bits per heavy atom. The summed E-state index contributed by atoms with van der Waals surface area (Å²) in [5, 5.41) is 3.17. The highest BCUT2D eigenvalue weighted by atomic mass is 16.5. The summed E-state index contributed by atoms with van der Waals surface area (Å²) in [5.41, 5.74) is 4.43.